The fourth-order valence-corrected chi connectivity index (χ4v) is 3.60. The van der Waals surface area contributed by atoms with Crippen LogP contribution in [0.2, 0.25) is 0 Å². The topological polar surface area (TPSA) is 75.7 Å². The Labute approximate surface area is 151 Å². The first-order chi connectivity index (χ1) is 11.9. The fourth-order valence-electron chi connectivity index (χ4n) is 2.72. The molecule has 0 aliphatic carbocycles. The summed E-state index contributed by atoms with van der Waals surface area (Å²) in [7, 11) is 1.28. The number of carbonyl (C=O) groups is 3. The van der Waals surface area contributed by atoms with Crippen molar-refractivity contribution >= 4 is 29.5 Å². The predicted octanol–water partition coefficient (Wildman–Crippen LogP) is 1.71. The Bertz CT molecular complexity index is 698. The van der Waals surface area contributed by atoms with Crippen molar-refractivity contribution in [3.8, 4) is 0 Å². The van der Waals surface area contributed by atoms with Crippen LogP contribution < -0.4 is 5.32 Å². The maximum atomic E-state index is 12.5. The van der Waals surface area contributed by atoms with Gasteiger partial charge < -0.3 is 10.1 Å². The molecule has 1 aliphatic heterocycles. The van der Waals surface area contributed by atoms with Crippen LogP contribution in [0.3, 0.4) is 0 Å². The molecule has 2 amide bonds. The van der Waals surface area contributed by atoms with Crippen LogP contribution in [0.25, 0.3) is 0 Å². The number of thioether (sulfide) groups is 1. The Morgan fingerprint density at radius 1 is 1.24 bits per heavy atom. The van der Waals surface area contributed by atoms with Gasteiger partial charge in [0, 0.05) is 0 Å². The lowest BCUT2D eigenvalue weighted by Gasteiger charge is -2.46. The van der Waals surface area contributed by atoms with E-state index in [9.17, 15) is 14.4 Å². The standard InChI is InChI=1S/C18H22N2O4S/c1-11(2)15(18(23)24-3)20-16(22)14(17(20)25-4)19-13(21)10-12-8-6-5-7-9-12/h5-9,14,17H,10H2,1-4H3,(H,19,21). The molecule has 0 radical (unpaired) electrons. The van der Waals surface area contributed by atoms with Crippen molar-refractivity contribution in [3.05, 3.63) is 47.2 Å². The van der Waals surface area contributed by atoms with E-state index in [1.54, 1.807) is 13.8 Å². The summed E-state index contributed by atoms with van der Waals surface area (Å²) in [6, 6.07) is 8.68. The van der Waals surface area contributed by atoms with Crippen molar-refractivity contribution in [2.45, 2.75) is 31.7 Å². The maximum Gasteiger partial charge on any atom is 0.354 e. The van der Waals surface area contributed by atoms with E-state index in [1.165, 1.54) is 23.8 Å². The molecule has 2 unspecified atom stereocenters. The summed E-state index contributed by atoms with van der Waals surface area (Å²) in [5.74, 6) is -1.08. The van der Waals surface area contributed by atoms with Gasteiger partial charge >= 0.3 is 5.97 Å². The van der Waals surface area contributed by atoms with Crippen molar-refractivity contribution < 1.29 is 19.1 Å². The largest absolute Gasteiger partial charge is 0.464 e. The number of esters is 1. The molecule has 1 fully saturated rings. The molecule has 0 saturated carbocycles. The zero-order valence-corrected chi connectivity index (χ0v) is 15.6. The molecule has 1 heterocycles. The highest BCUT2D eigenvalue weighted by atomic mass is 32.2. The highest BCUT2D eigenvalue weighted by Gasteiger charge is 2.51. The average molecular weight is 362 g/mol. The Balaban J connectivity index is 2.09. The molecule has 1 aromatic carbocycles. The Hall–Kier alpha value is -2.28. The van der Waals surface area contributed by atoms with E-state index in [4.69, 9.17) is 4.74 Å². The van der Waals surface area contributed by atoms with E-state index in [0.717, 1.165) is 5.56 Å². The number of allylic oxidation sites excluding steroid dienone is 1. The highest BCUT2D eigenvalue weighted by molar-refractivity contribution is 7.99. The van der Waals surface area contributed by atoms with Crippen LogP contribution in [0.5, 0.6) is 0 Å². The molecule has 1 aromatic rings. The van der Waals surface area contributed by atoms with E-state index in [1.807, 2.05) is 36.6 Å². The van der Waals surface area contributed by atoms with Crippen molar-refractivity contribution in [2.75, 3.05) is 13.4 Å². The number of rotatable bonds is 6. The van der Waals surface area contributed by atoms with E-state index in [2.05, 4.69) is 5.32 Å². The number of hydrogen-bond donors (Lipinski definition) is 1. The average Bonchev–Trinajstić information content (AvgIpc) is 2.60. The van der Waals surface area contributed by atoms with Crippen LogP contribution in [-0.2, 0) is 25.5 Å². The number of nitrogens with one attached hydrogen (secondary N) is 1. The van der Waals surface area contributed by atoms with Crippen LogP contribution in [0.1, 0.15) is 19.4 Å². The number of carbonyl (C=O) groups excluding carboxylic acids is 3. The normalized spacial score (nSPS) is 19.0. The van der Waals surface area contributed by atoms with E-state index in [0.29, 0.717) is 5.57 Å². The molecular weight excluding hydrogens is 340 g/mol. The summed E-state index contributed by atoms with van der Waals surface area (Å²) in [6.07, 6.45) is 2.04. The van der Waals surface area contributed by atoms with Gasteiger partial charge in [-0.1, -0.05) is 30.3 Å². The van der Waals surface area contributed by atoms with Gasteiger partial charge in [0.05, 0.1) is 13.5 Å². The van der Waals surface area contributed by atoms with Gasteiger partial charge in [-0.15, -0.1) is 11.8 Å². The summed E-state index contributed by atoms with van der Waals surface area (Å²) < 4.78 is 4.78. The first-order valence-corrected chi connectivity index (χ1v) is 9.14. The zero-order chi connectivity index (χ0) is 18.6. The summed E-state index contributed by atoms with van der Waals surface area (Å²) >= 11 is 1.40. The van der Waals surface area contributed by atoms with Crippen molar-refractivity contribution in [1.29, 1.82) is 0 Å². The molecule has 2 atom stereocenters. The van der Waals surface area contributed by atoms with Gasteiger partial charge in [-0.2, -0.15) is 0 Å². The molecule has 0 spiro atoms. The Kier molecular flexibility index (Phi) is 6.25. The second-order valence-electron chi connectivity index (χ2n) is 5.88. The molecule has 1 saturated heterocycles. The molecule has 6 nitrogen and oxygen atoms in total. The van der Waals surface area contributed by atoms with Crippen LogP contribution >= 0.6 is 11.8 Å². The lowest BCUT2D eigenvalue weighted by atomic mass is 10.0. The monoisotopic (exact) mass is 362 g/mol. The van der Waals surface area contributed by atoms with Gasteiger partial charge in [-0.25, -0.2) is 4.79 Å². The molecule has 134 valence electrons. The van der Waals surface area contributed by atoms with Gasteiger partial charge in [-0.05, 0) is 31.2 Å². The first kappa shape index (κ1) is 19.1. The van der Waals surface area contributed by atoms with Gasteiger partial charge in [0.2, 0.25) is 5.91 Å². The first-order valence-electron chi connectivity index (χ1n) is 7.85. The van der Waals surface area contributed by atoms with Crippen LogP contribution in [0.4, 0.5) is 0 Å². The molecule has 0 aromatic heterocycles. The number of ether oxygens (including phenoxy) is 1. The summed E-state index contributed by atoms with van der Waals surface area (Å²) in [4.78, 5) is 38.2. The third-order valence-electron chi connectivity index (χ3n) is 3.90. The second-order valence-corrected chi connectivity index (χ2v) is 6.84. The third kappa shape index (κ3) is 4.04. The lowest BCUT2D eigenvalue weighted by Crippen LogP contribution is -2.69. The van der Waals surface area contributed by atoms with Crippen LogP contribution in [0, 0.1) is 0 Å². The minimum atomic E-state index is -0.648. The minimum Gasteiger partial charge on any atom is -0.464 e. The second kappa shape index (κ2) is 8.20. The molecule has 1 N–H and O–H groups in total. The van der Waals surface area contributed by atoms with Gasteiger partial charge in [0.15, 0.2) is 0 Å². The molecular formula is C18H22N2O4S. The Morgan fingerprint density at radius 3 is 2.40 bits per heavy atom. The number of amides is 2. The molecule has 2 rings (SSSR count). The van der Waals surface area contributed by atoms with Crippen molar-refractivity contribution in [3.63, 3.8) is 0 Å². The maximum absolute atomic E-state index is 12.5. The Morgan fingerprint density at radius 2 is 1.88 bits per heavy atom. The molecule has 25 heavy (non-hydrogen) atoms. The fraction of sp³-hybridized carbons (Fsp3) is 0.389. The van der Waals surface area contributed by atoms with Gasteiger partial charge in [-0.3, -0.25) is 14.5 Å². The number of benzene rings is 1. The zero-order valence-electron chi connectivity index (χ0n) is 14.7. The lowest BCUT2D eigenvalue weighted by molar-refractivity contribution is -0.151. The number of nitrogens with zero attached hydrogens (tertiary/aromatic N) is 1. The highest BCUT2D eigenvalue weighted by Crippen LogP contribution is 2.34. The predicted molar refractivity (Wildman–Crippen MR) is 96.6 cm³/mol. The summed E-state index contributed by atoms with van der Waals surface area (Å²) in [6.45, 7) is 3.50. The van der Waals surface area contributed by atoms with Crippen molar-refractivity contribution in [1.82, 2.24) is 10.2 Å². The quantitative estimate of drug-likeness (QED) is 0.474. The summed E-state index contributed by atoms with van der Waals surface area (Å²) in [5.41, 5.74) is 1.80. The smallest absolute Gasteiger partial charge is 0.354 e. The van der Waals surface area contributed by atoms with E-state index < -0.39 is 12.0 Å². The van der Waals surface area contributed by atoms with Crippen LogP contribution in [0.15, 0.2) is 41.6 Å². The van der Waals surface area contributed by atoms with Gasteiger partial charge in [0.1, 0.15) is 17.1 Å². The number of methoxy groups -OCH3 is 1. The van der Waals surface area contributed by atoms with Crippen molar-refractivity contribution in [2.24, 2.45) is 0 Å². The third-order valence-corrected chi connectivity index (χ3v) is 4.87. The number of likely N-dealkylation sites (tertiary alicyclic amines) is 1. The number of hydrogen-bond acceptors (Lipinski definition) is 5. The van der Waals surface area contributed by atoms with E-state index >= 15 is 0 Å². The minimum absolute atomic E-state index is 0.207. The molecule has 7 heteroatoms. The molecule has 0 bridgehead atoms. The summed E-state index contributed by atoms with van der Waals surface area (Å²) in [5, 5.41) is 2.43. The molecule has 1 aliphatic rings. The van der Waals surface area contributed by atoms with Crippen LogP contribution in [-0.4, -0.2) is 47.5 Å². The van der Waals surface area contributed by atoms with E-state index in [-0.39, 0.29) is 29.3 Å². The number of β-lactam (4-membered cyclic amide) rings is 1. The SMILES string of the molecule is COC(=O)C(=C(C)C)N1C(=O)C(NC(=O)Cc2ccccc2)C1SC. The van der Waals surface area contributed by atoms with Gasteiger partial charge in [0.25, 0.3) is 5.91 Å².